The first kappa shape index (κ1) is 14.1. The van der Waals surface area contributed by atoms with Gasteiger partial charge in [0.1, 0.15) is 12.2 Å². The highest BCUT2D eigenvalue weighted by atomic mass is 16.5. The molecule has 1 rings (SSSR count). The number of methoxy groups -OCH3 is 1. The van der Waals surface area contributed by atoms with Crippen molar-refractivity contribution in [1.82, 2.24) is 20.1 Å². The molecular formula is C11H22N4O2. The Morgan fingerprint density at radius 3 is 2.88 bits per heavy atom. The summed E-state index contributed by atoms with van der Waals surface area (Å²) in [5.74, 6) is 0.955. The molecule has 0 aliphatic rings. The van der Waals surface area contributed by atoms with Crippen LogP contribution in [0.2, 0.25) is 0 Å². The Bertz CT molecular complexity index is 301. The number of nitrogens with one attached hydrogen (secondary N) is 1. The van der Waals surface area contributed by atoms with Gasteiger partial charge in [-0.3, -0.25) is 0 Å². The molecule has 0 atom stereocenters. The van der Waals surface area contributed by atoms with Crippen molar-refractivity contribution < 1.29 is 9.47 Å². The molecule has 17 heavy (non-hydrogen) atoms. The van der Waals surface area contributed by atoms with Gasteiger partial charge in [-0.1, -0.05) is 0 Å². The summed E-state index contributed by atoms with van der Waals surface area (Å²) < 4.78 is 12.1. The normalized spacial score (nSPS) is 11.3. The van der Waals surface area contributed by atoms with E-state index in [1.165, 1.54) is 0 Å². The Kier molecular flexibility index (Phi) is 6.76. The number of rotatable bonds is 9. The van der Waals surface area contributed by atoms with Gasteiger partial charge in [-0.25, -0.2) is 9.67 Å². The summed E-state index contributed by atoms with van der Waals surface area (Å²) in [6, 6.07) is 0.340. The van der Waals surface area contributed by atoms with Crippen LogP contribution in [0.4, 0.5) is 0 Å². The maximum atomic E-state index is 5.34. The summed E-state index contributed by atoms with van der Waals surface area (Å²) in [5.41, 5.74) is 0. The molecule has 0 aromatic carbocycles. The maximum Gasteiger partial charge on any atom is 0.141 e. The van der Waals surface area contributed by atoms with Crippen LogP contribution in [0.5, 0.6) is 0 Å². The lowest BCUT2D eigenvalue weighted by Crippen LogP contribution is -2.23. The van der Waals surface area contributed by atoms with E-state index in [-0.39, 0.29) is 0 Å². The van der Waals surface area contributed by atoms with E-state index in [9.17, 15) is 0 Å². The average molecular weight is 242 g/mol. The smallest absolute Gasteiger partial charge is 0.141 e. The monoisotopic (exact) mass is 242 g/mol. The zero-order valence-corrected chi connectivity index (χ0v) is 10.8. The molecule has 1 N–H and O–H groups in total. The van der Waals surface area contributed by atoms with E-state index >= 15 is 0 Å². The van der Waals surface area contributed by atoms with E-state index in [0.29, 0.717) is 32.4 Å². The molecule has 0 amide bonds. The molecule has 0 aliphatic carbocycles. The molecule has 1 aromatic rings. The van der Waals surface area contributed by atoms with Crippen molar-refractivity contribution in [2.24, 2.45) is 0 Å². The summed E-state index contributed by atoms with van der Waals surface area (Å²) in [6.07, 6.45) is 1.59. The van der Waals surface area contributed by atoms with Gasteiger partial charge in [0.15, 0.2) is 0 Å². The van der Waals surface area contributed by atoms with Crippen LogP contribution in [0, 0.1) is 0 Å². The summed E-state index contributed by atoms with van der Waals surface area (Å²) in [5, 5.41) is 7.44. The lowest BCUT2D eigenvalue weighted by Gasteiger charge is -2.10. The van der Waals surface area contributed by atoms with Crippen molar-refractivity contribution >= 4 is 0 Å². The van der Waals surface area contributed by atoms with Crippen molar-refractivity contribution in [3.8, 4) is 0 Å². The average Bonchev–Trinajstić information content (AvgIpc) is 2.76. The topological polar surface area (TPSA) is 61.2 Å². The van der Waals surface area contributed by atoms with E-state index in [4.69, 9.17) is 9.47 Å². The van der Waals surface area contributed by atoms with Crippen LogP contribution in [-0.2, 0) is 16.0 Å². The fourth-order valence-corrected chi connectivity index (χ4v) is 1.42. The van der Waals surface area contributed by atoms with Crippen LogP contribution in [0.1, 0.15) is 25.7 Å². The Morgan fingerprint density at radius 2 is 2.18 bits per heavy atom. The zero-order chi connectivity index (χ0) is 12.5. The third kappa shape index (κ3) is 5.25. The van der Waals surface area contributed by atoms with Gasteiger partial charge in [-0.2, -0.15) is 5.10 Å². The van der Waals surface area contributed by atoms with Crippen LogP contribution in [-0.4, -0.2) is 48.2 Å². The van der Waals surface area contributed by atoms with Gasteiger partial charge in [0.25, 0.3) is 0 Å². The van der Waals surface area contributed by atoms with Crippen molar-refractivity contribution in [3.05, 3.63) is 12.2 Å². The molecule has 0 saturated heterocycles. The number of ether oxygens (including phenoxy) is 2. The minimum atomic E-state index is 0.340. The molecule has 6 nitrogen and oxygen atoms in total. The first-order chi connectivity index (χ1) is 8.25. The van der Waals surface area contributed by atoms with Crippen LogP contribution in [0.15, 0.2) is 6.33 Å². The zero-order valence-electron chi connectivity index (χ0n) is 10.8. The molecule has 1 aromatic heterocycles. The standard InChI is InChI=1S/C11H22N4O2/c1-10(2)15-11(13-9-14-15)8-12-4-5-17-7-6-16-3/h9-10,12H,4-8H2,1-3H3. The lowest BCUT2D eigenvalue weighted by atomic mass is 10.4. The SMILES string of the molecule is COCCOCCNCc1ncnn1C(C)C. The van der Waals surface area contributed by atoms with Gasteiger partial charge in [-0.05, 0) is 13.8 Å². The maximum absolute atomic E-state index is 5.34. The second-order valence-electron chi connectivity index (χ2n) is 4.00. The van der Waals surface area contributed by atoms with E-state index in [2.05, 4.69) is 29.2 Å². The Balaban J connectivity index is 2.11. The Morgan fingerprint density at radius 1 is 1.35 bits per heavy atom. The number of nitrogens with zero attached hydrogens (tertiary/aromatic N) is 3. The van der Waals surface area contributed by atoms with Gasteiger partial charge in [0.05, 0.1) is 26.4 Å². The first-order valence-corrected chi connectivity index (χ1v) is 5.91. The molecule has 98 valence electrons. The third-order valence-corrected chi connectivity index (χ3v) is 2.27. The highest BCUT2D eigenvalue weighted by Crippen LogP contribution is 2.04. The largest absolute Gasteiger partial charge is 0.382 e. The summed E-state index contributed by atoms with van der Waals surface area (Å²) in [6.45, 7) is 7.65. The first-order valence-electron chi connectivity index (χ1n) is 5.91. The minimum absolute atomic E-state index is 0.340. The number of aromatic nitrogens is 3. The van der Waals surface area contributed by atoms with E-state index < -0.39 is 0 Å². The molecule has 0 unspecified atom stereocenters. The van der Waals surface area contributed by atoms with Crippen molar-refractivity contribution in [2.45, 2.75) is 26.4 Å². The molecular weight excluding hydrogens is 220 g/mol. The second-order valence-corrected chi connectivity index (χ2v) is 4.00. The van der Waals surface area contributed by atoms with Crippen molar-refractivity contribution in [1.29, 1.82) is 0 Å². The fourth-order valence-electron chi connectivity index (χ4n) is 1.42. The number of hydrogen-bond acceptors (Lipinski definition) is 5. The predicted octanol–water partition coefficient (Wildman–Crippen LogP) is 0.612. The molecule has 0 fully saturated rings. The van der Waals surface area contributed by atoms with Crippen molar-refractivity contribution in [3.63, 3.8) is 0 Å². The van der Waals surface area contributed by atoms with Crippen LogP contribution < -0.4 is 5.32 Å². The molecule has 1 heterocycles. The quantitative estimate of drug-likeness (QED) is 0.643. The Labute approximate surface area is 102 Å². The second kappa shape index (κ2) is 8.16. The van der Waals surface area contributed by atoms with Gasteiger partial charge in [0, 0.05) is 19.7 Å². The predicted molar refractivity (Wildman–Crippen MR) is 64.8 cm³/mol. The van der Waals surface area contributed by atoms with Gasteiger partial charge >= 0.3 is 0 Å². The fraction of sp³-hybridized carbons (Fsp3) is 0.818. The summed E-state index contributed by atoms with van der Waals surface area (Å²) in [4.78, 5) is 4.21. The van der Waals surface area contributed by atoms with E-state index in [0.717, 1.165) is 12.4 Å². The highest BCUT2D eigenvalue weighted by molar-refractivity contribution is 4.85. The van der Waals surface area contributed by atoms with Gasteiger partial charge in [-0.15, -0.1) is 0 Å². The van der Waals surface area contributed by atoms with Crippen LogP contribution in [0.3, 0.4) is 0 Å². The molecule has 0 aliphatic heterocycles. The van der Waals surface area contributed by atoms with Crippen LogP contribution in [0.25, 0.3) is 0 Å². The summed E-state index contributed by atoms with van der Waals surface area (Å²) >= 11 is 0. The molecule has 0 radical (unpaired) electrons. The third-order valence-electron chi connectivity index (χ3n) is 2.27. The molecule has 0 spiro atoms. The number of hydrogen-bond donors (Lipinski definition) is 1. The van der Waals surface area contributed by atoms with E-state index in [1.54, 1.807) is 13.4 Å². The lowest BCUT2D eigenvalue weighted by molar-refractivity contribution is 0.0718. The van der Waals surface area contributed by atoms with Gasteiger partial charge < -0.3 is 14.8 Å². The van der Waals surface area contributed by atoms with Crippen LogP contribution >= 0.6 is 0 Å². The van der Waals surface area contributed by atoms with E-state index in [1.807, 2.05) is 4.68 Å². The van der Waals surface area contributed by atoms with Gasteiger partial charge in [0.2, 0.25) is 0 Å². The Hall–Kier alpha value is -0.980. The minimum Gasteiger partial charge on any atom is -0.382 e. The highest BCUT2D eigenvalue weighted by Gasteiger charge is 2.06. The van der Waals surface area contributed by atoms with Crippen molar-refractivity contribution in [2.75, 3.05) is 33.5 Å². The molecule has 6 heteroatoms. The summed E-state index contributed by atoms with van der Waals surface area (Å²) in [7, 11) is 1.67. The molecule has 0 bridgehead atoms. The molecule has 0 saturated carbocycles.